The van der Waals surface area contributed by atoms with Crippen LogP contribution in [0.15, 0.2) is 24.3 Å². The minimum atomic E-state index is -0.849. The lowest BCUT2D eigenvalue weighted by molar-refractivity contribution is -0.121. The predicted molar refractivity (Wildman–Crippen MR) is 78.2 cm³/mol. The van der Waals surface area contributed by atoms with E-state index in [1.54, 1.807) is 57.0 Å². The van der Waals surface area contributed by atoms with Gasteiger partial charge in [-0.15, -0.1) is 0 Å². The van der Waals surface area contributed by atoms with Gasteiger partial charge in [0.15, 0.2) is 0 Å². The number of hydrogen-bond acceptors (Lipinski definition) is 4. The Balaban J connectivity index is 2.63. The molecular formula is C15H21N3O2. The number of carbonyl (C=O) groups excluding carboxylic acids is 1. The first-order valence-corrected chi connectivity index (χ1v) is 6.46. The number of benzene rings is 1. The van der Waals surface area contributed by atoms with Gasteiger partial charge in [-0.25, -0.2) is 0 Å². The van der Waals surface area contributed by atoms with E-state index in [0.29, 0.717) is 17.8 Å². The maximum absolute atomic E-state index is 12.1. The second-order valence-corrected chi connectivity index (χ2v) is 5.58. The maximum atomic E-state index is 12.1. The zero-order chi connectivity index (χ0) is 15.3. The predicted octanol–water partition coefficient (Wildman–Crippen LogP) is 1.59. The lowest BCUT2D eigenvalue weighted by Gasteiger charge is -2.29. The van der Waals surface area contributed by atoms with Gasteiger partial charge in [0, 0.05) is 12.2 Å². The molecule has 1 aromatic rings. The number of aliphatic hydroxyl groups is 1. The van der Waals surface area contributed by atoms with Gasteiger partial charge in [-0.3, -0.25) is 9.69 Å². The standard InChI is InChI=1S/C15H21N3O2/c1-11(18(4)10-15(2,3)20)14(19)17-13-7-5-12(9-16)6-8-13/h5-8,11,20H,10H2,1-4H3,(H,17,19). The Bertz CT molecular complexity index is 497. The molecule has 0 aliphatic carbocycles. The van der Waals surface area contributed by atoms with E-state index >= 15 is 0 Å². The van der Waals surface area contributed by atoms with Gasteiger partial charge in [0.25, 0.3) is 0 Å². The van der Waals surface area contributed by atoms with E-state index in [9.17, 15) is 9.90 Å². The van der Waals surface area contributed by atoms with Crippen LogP contribution in [0.25, 0.3) is 0 Å². The molecule has 1 aromatic carbocycles. The van der Waals surface area contributed by atoms with Gasteiger partial charge >= 0.3 is 0 Å². The highest BCUT2D eigenvalue weighted by Crippen LogP contribution is 2.11. The number of nitrogens with one attached hydrogen (secondary N) is 1. The molecule has 0 fully saturated rings. The fraction of sp³-hybridized carbons (Fsp3) is 0.467. The molecule has 1 amide bonds. The Morgan fingerprint density at radius 2 is 2.00 bits per heavy atom. The summed E-state index contributed by atoms with van der Waals surface area (Å²) in [5, 5.41) is 21.3. The van der Waals surface area contributed by atoms with Gasteiger partial charge in [0.2, 0.25) is 5.91 Å². The van der Waals surface area contributed by atoms with Crippen molar-refractivity contribution >= 4 is 11.6 Å². The Kier molecular flexibility index (Phi) is 5.26. The van der Waals surface area contributed by atoms with Crippen molar-refractivity contribution in [2.75, 3.05) is 18.9 Å². The van der Waals surface area contributed by atoms with Gasteiger partial charge in [0.1, 0.15) is 0 Å². The minimum absolute atomic E-state index is 0.151. The van der Waals surface area contributed by atoms with Crippen LogP contribution in [-0.2, 0) is 4.79 Å². The van der Waals surface area contributed by atoms with Crippen molar-refractivity contribution in [1.82, 2.24) is 4.90 Å². The summed E-state index contributed by atoms with van der Waals surface area (Å²) in [5.74, 6) is -0.151. The lowest BCUT2D eigenvalue weighted by Crippen LogP contribution is -2.46. The van der Waals surface area contributed by atoms with Crippen LogP contribution in [0.2, 0.25) is 0 Å². The number of rotatable bonds is 5. The molecule has 20 heavy (non-hydrogen) atoms. The smallest absolute Gasteiger partial charge is 0.241 e. The summed E-state index contributed by atoms with van der Waals surface area (Å²) in [4.78, 5) is 13.9. The number of likely N-dealkylation sites (N-methyl/N-ethyl adjacent to an activating group) is 1. The molecular weight excluding hydrogens is 254 g/mol. The molecule has 5 heteroatoms. The Morgan fingerprint density at radius 1 is 1.45 bits per heavy atom. The maximum Gasteiger partial charge on any atom is 0.241 e. The molecule has 108 valence electrons. The first kappa shape index (κ1) is 16.2. The van der Waals surface area contributed by atoms with E-state index in [1.165, 1.54) is 0 Å². The first-order valence-electron chi connectivity index (χ1n) is 6.46. The SMILES string of the molecule is CC(C(=O)Nc1ccc(C#N)cc1)N(C)CC(C)(C)O. The van der Waals surface area contributed by atoms with E-state index < -0.39 is 5.60 Å². The van der Waals surface area contributed by atoms with Crippen molar-refractivity contribution in [3.8, 4) is 6.07 Å². The van der Waals surface area contributed by atoms with Crippen molar-refractivity contribution in [1.29, 1.82) is 5.26 Å². The molecule has 0 aliphatic rings. The number of nitrogens with zero attached hydrogens (tertiary/aromatic N) is 2. The summed E-state index contributed by atoms with van der Waals surface area (Å²) in [6, 6.07) is 8.36. The molecule has 1 rings (SSSR count). The highest BCUT2D eigenvalue weighted by molar-refractivity contribution is 5.94. The molecule has 2 N–H and O–H groups in total. The highest BCUT2D eigenvalue weighted by atomic mass is 16.3. The molecule has 0 spiro atoms. The van der Waals surface area contributed by atoms with Gasteiger partial charge in [-0.05, 0) is 52.1 Å². The lowest BCUT2D eigenvalue weighted by atomic mass is 10.1. The Morgan fingerprint density at radius 3 is 2.45 bits per heavy atom. The van der Waals surface area contributed by atoms with Crippen molar-refractivity contribution in [3.63, 3.8) is 0 Å². The van der Waals surface area contributed by atoms with Crippen LogP contribution < -0.4 is 5.32 Å². The molecule has 1 unspecified atom stereocenters. The van der Waals surface area contributed by atoms with Crippen molar-refractivity contribution in [2.24, 2.45) is 0 Å². The third-order valence-corrected chi connectivity index (χ3v) is 2.96. The van der Waals surface area contributed by atoms with Crippen LogP contribution in [0.5, 0.6) is 0 Å². The summed E-state index contributed by atoms with van der Waals surface area (Å²) in [6.45, 7) is 5.59. The van der Waals surface area contributed by atoms with Gasteiger partial charge in [0.05, 0.1) is 23.3 Å². The normalized spacial score (nSPS) is 12.8. The molecule has 0 heterocycles. The van der Waals surface area contributed by atoms with Gasteiger partial charge in [-0.1, -0.05) is 0 Å². The van der Waals surface area contributed by atoms with Crippen LogP contribution in [0, 0.1) is 11.3 Å². The molecule has 0 aromatic heterocycles. The average molecular weight is 275 g/mol. The van der Waals surface area contributed by atoms with Crippen LogP contribution in [0.3, 0.4) is 0 Å². The zero-order valence-electron chi connectivity index (χ0n) is 12.3. The van der Waals surface area contributed by atoms with Gasteiger partial charge < -0.3 is 10.4 Å². The summed E-state index contributed by atoms with van der Waals surface area (Å²) in [5.41, 5.74) is 0.352. The van der Waals surface area contributed by atoms with Crippen LogP contribution in [0.4, 0.5) is 5.69 Å². The minimum Gasteiger partial charge on any atom is -0.389 e. The largest absolute Gasteiger partial charge is 0.389 e. The zero-order valence-corrected chi connectivity index (χ0v) is 12.3. The fourth-order valence-corrected chi connectivity index (χ4v) is 1.82. The van der Waals surface area contributed by atoms with Crippen molar-refractivity contribution in [2.45, 2.75) is 32.4 Å². The molecule has 0 saturated carbocycles. The average Bonchev–Trinajstić information content (AvgIpc) is 2.36. The summed E-state index contributed by atoms with van der Waals surface area (Å²) < 4.78 is 0. The van der Waals surface area contributed by atoms with Crippen LogP contribution in [0.1, 0.15) is 26.3 Å². The monoisotopic (exact) mass is 275 g/mol. The molecule has 0 radical (unpaired) electrons. The van der Waals surface area contributed by atoms with E-state index in [1.807, 2.05) is 6.07 Å². The molecule has 0 bridgehead atoms. The second kappa shape index (κ2) is 6.51. The van der Waals surface area contributed by atoms with Crippen LogP contribution >= 0.6 is 0 Å². The summed E-state index contributed by atoms with van der Waals surface area (Å²) in [7, 11) is 1.79. The molecule has 5 nitrogen and oxygen atoms in total. The Hall–Kier alpha value is -1.90. The number of carbonyl (C=O) groups is 1. The van der Waals surface area contributed by atoms with E-state index in [4.69, 9.17) is 5.26 Å². The quantitative estimate of drug-likeness (QED) is 0.855. The fourth-order valence-electron chi connectivity index (χ4n) is 1.82. The second-order valence-electron chi connectivity index (χ2n) is 5.58. The summed E-state index contributed by atoms with van der Waals surface area (Å²) >= 11 is 0. The molecule has 1 atom stereocenters. The van der Waals surface area contributed by atoms with Crippen molar-refractivity contribution < 1.29 is 9.90 Å². The number of amides is 1. The van der Waals surface area contributed by atoms with E-state index in [0.717, 1.165) is 0 Å². The number of anilines is 1. The number of nitriles is 1. The van der Waals surface area contributed by atoms with Crippen molar-refractivity contribution in [3.05, 3.63) is 29.8 Å². The third-order valence-electron chi connectivity index (χ3n) is 2.96. The first-order chi connectivity index (χ1) is 9.23. The topological polar surface area (TPSA) is 76.4 Å². The third kappa shape index (κ3) is 5.00. The molecule has 0 saturated heterocycles. The number of hydrogen-bond donors (Lipinski definition) is 2. The van der Waals surface area contributed by atoms with Crippen LogP contribution in [-0.4, -0.2) is 41.1 Å². The summed E-state index contributed by atoms with van der Waals surface area (Å²) in [6.07, 6.45) is 0. The molecule has 0 aliphatic heterocycles. The highest BCUT2D eigenvalue weighted by Gasteiger charge is 2.23. The van der Waals surface area contributed by atoms with Gasteiger partial charge in [-0.2, -0.15) is 5.26 Å². The Labute approximate surface area is 119 Å². The van der Waals surface area contributed by atoms with E-state index in [2.05, 4.69) is 5.32 Å². The van der Waals surface area contributed by atoms with E-state index in [-0.39, 0.29) is 11.9 Å².